The standard InChI is InChI=1S/C10H13ClN2S/c11-9-4-2-6-13-10(9)14-8-3-1-5-12-7-8/h2,4,6,8,12H,1,3,5,7H2. The maximum Gasteiger partial charge on any atom is 0.115 e. The van der Waals surface area contributed by atoms with Crippen molar-refractivity contribution in [3.8, 4) is 0 Å². The second kappa shape index (κ2) is 5.01. The van der Waals surface area contributed by atoms with Gasteiger partial charge in [-0.05, 0) is 31.5 Å². The number of thioether (sulfide) groups is 1. The highest BCUT2D eigenvalue weighted by Crippen LogP contribution is 2.30. The molecule has 1 saturated heterocycles. The Hall–Kier alpha value is -0.250. The Bertz CT molecular complexity index is 300. The molecule has 76 valence electrons. The SMILES string of the molecule is Clc1cccnc1SC1CCCNC1. The molecule has 1 N–H and O–H groups in total. The first-order chi connectivity index (χ1) is 6.86. The van der Waals surface area contributed by atoms with Crippen LogP contribution in [-0.4, -0.2) is 23.3 Å². The molecule has 1 aliphatic heterocycles. The summed E-state index contributed by atoms with van der Waals surface area (Å²) in [5.74, 6) is 0. The minimum absolute atomic E-state index is 0.621. The van der Waals surface area contributed by atoms with Crippen molar-refractivity contribution in [2.24, 2.45) is 0 Å². The molecule has 1 aliphatic rings. The molecule has 1 unspecified atom stereocenters. The Morgan fingerprint density at radius 3 is 3.21 bits per heavy atom. The van der Waals surface area contributed by atoms with Gasteiger partial charge >= 0.3 is 0 Å². The van der Waals surface area contributed by atoms with E-state index in [2.05, 4.69) is 10.3 Å². The smallest absolute Gasteiger partial charge is 0.115 e. The van der Waals surface area contributed by atoms with E-state index in [1.165, 1.54) is 12.8 Å². The molecule has 2 nitrogen and oxygen atoms in total. The van der Waals surface area contributed by atoms with Crippen molar-refractivity contribution in [3.63, 3.8) is 0 Å². The summed E-state index contributed by atoms with van der Waals surface area (Å²) >= 11 is 7.83. The third-order valence-electron chi connectivity index (χ3n) is 2.25. The van der Waals surface area contributed by atoms with Crippen molar-refractivity contribution in [2.75, 3.05) is 13.1 Å². The normalized spacial score (nSPS) is 22.2. The van der Waals surface area contributed by atoms with E-state index < -0.39 is 0 Å². The number of nitrogens with zero attached hydrogens (tertiary/aromatic N) is 1. The lowest BCUT2D eigenvalue weighted by Gasteiger charge is -2.21. The van der Waals surface area contributed by atoms with Crippen LogP contribution in [0.1, 0.15) is 12.8 Å². The van der Waals surface area contributed by atoms with Gasteiger partial charge in [0.25, 0.3) is 0 Å². The molecule has 0 aliphatic carbocycles. The van der Waals surface area contributed by atoms with Crippen LogP contribution in [0.25, 0.3) is 0 Å². The maximum atomic E-state index is 6.04. The van der Waals surface area contributed by atoms with Crippen molar-refractivity contribution < 1.29 is 0 Å². The summed E-state index contributed by atoms with van der Waals surface area (Å²) in [5, 5.41) is 5.73. The van der Waals surface area contributed by atoms with E-state index >= 15 is 0 Å². The van der Waals surface area contributed by atoms with Gasteiger partial charge in [-0.15, -0.1) is 11.8 Å². The Labute approximate surface area is 93.4 Å². The molecule has 1 atom stereocenters. The summed E-state index contributed by atoms with van der Waals surface area (Å²) in [4.78, 5) is 4.28. The van der Waals surface area contributed by atoms with Gasteiger partial charge in [-0.2, -0.15) is 0 Å². The average molecular weight is 229 g/mol. The zero-order chi connectivity index (χ0) is 9.80. The van der Waals surface area contributed by atoms with Crippen LogP contribution >= 0.6 is 23.4 Å². The van der Waals surface area contributed by atoms with Crippen molar-refractivity contribution in [2.45, 2.75) is 23.1 Å². The van der Waals surface area contributed by atoms with Crippen LogP contribution in [0.4, 0.5) is 0 Å². The quantitative estimate of drug-likeness (QED) is 0.843. The summed E-state index contributed by atoms with van der Waals surface area (Å²) in [6.07, 6.45) is 4.30. The molecule has 1 fully saturated rings. The first-order valence-electron chi connectivity index (χ1n) is 4.84. The van der Waals surface area contributed by atoms with Gasteiger partial charge in [-0.1, -0.05) is 11.6 Å². The first-order valence-corrected chi connectivity index (χ1v) is 6.10. The van der Waals surface area contributed by atoms with Gasteiger partial charge in [0.1, 0.15) is 5.03 Å². The number of nitrogens with one attached hydrogen (secondary N) is 1. The Kier molecular flexibility index (Phi) is 3.67. The summed E-state index contributed by atoms with van der Waals surface area (Å²) < 4.78 is 0. The van der Waals surface area contributed by atoms with Gasteiger partial charge < -0.3 is 5.32 Å². The molecule has 1 aromatic rings. The van der Waals surface area contributed by atoms with Crippen LogP contribution in [0.5, 0.6) is 0 Å². The summed E-state index contributed by atoms with van der Waals surface area (Å²) in [6.45, 7) is 2.21. The molecule has 14 heavy (non-hydrogen) atoms. The van der Waals surface area contributed by atoms with Crippen molar-refractivity contribution in [1.29, 1.82) is 0 Å². The molecule has 2 rings (SSSR count). The van der Waals surface area contributed by atoms with E-state index in [-0.39, 0.29) is 0 Å². The topological polar surface area (TPSA) is 24.9 Å². The van der Waals surface area contributed by atoms with E-state index in [1.54, 1.807) is 18.0 Å². The van der Waals surface area contributed by atoms with Crippen LogP contribution in [-0.2, 0) is 0 Å². The predicted octanol–water partition coefficient (Wildman–Crippen LogP) is 2.58. The molecule has 4 heteroatoms. The maximum absolute atomic E-state index is 6.04. The number of halogens is 1. The molecule has 0 aromatic carbocycles. The van der Waals surface area contributed by atoms with Crippen LogP contribution in [0, 0.1) is 0 Å². The van der Waals surface area contributed by atoms with E-state index in [1.807, 2.05) is 12.1 Å². The Morgan fingerprint density at radius 1 is 1.57 bits per heavy atom. The van der Waals surface area contributed by atoms with Crippen molar-refractivity contribution in [3.05, 3.63) is 23.4 Å². The zero-order valence-corrected chi connectivity index (χ0v) is 9.44. The molecular formula is C10H13ClN2S. The minimum Gasteiger partial charge on any atom is -0.316 e. The van der Waals surface area contributed by atoms with Crippen molar-refractivity contribution in [1.82, 2.24) is 10.3 Å². The molecule has 0 spiro atoms. The highest BCUT2D eigenvalue weighted by Gasteiger charge is 2.15. The van der Waals surface area contributed by atoms with Crippen LogP contribution < -0.4 is 5.32 Å². The molecule has 0 amide bonds. The summed E-state index contributed by atoms with van der Waals surface area (Å²) in [7, 11) is 0. The Balaban J connectivity index is 1.99. The predicted molar refractivity (Wildman–Crippen MR) is 61.0 cm³/mol. The van der Waals surface area contributed by atoms with Gasteiger partial charge in [0.2, 0.25) is 0 Å². The summed E-state index contributed by atoms with van der Waals surface area (Å²) in [5.41, 5.74) is 0. The van der Waals surface area contributed by atoms with Crippen LogP contribution in [0.2, 0.25) is 5.02 Å². The number of piperidine rings is 1. The summed E-state index contributed by atoms with van der Waals surface area (Å²) in [6, 6.07) is 3.76. The minimum atomic E-state index is 0.621. The van der Waals surface area contributed by atoms with E-state index in [9.17, 15) is 0 Å². The second-order valence-corrected chi connectivity index (χ2v) is 5.07. The largest absolute Gasteiger partial charge is 0.316 e. The number of rotatable bonds is 2. The highest BCUT2D eigenvalue weighted by atomic mass is 35.5. The fourth-order valence-electron chi connectivity index (χ4n) is 1.54. The lowest BCUT2D eigenvalue weighted by atomic mass is 10.2. The second-order valence-electron chi connectivity index (χ2n) is 3.38. The Morgan fingerprint density at radius 2 is 2.50 bits per heavy atom. The lowest BCUT2D eigenvalue weighted by molar-refractivity contribution is 0.531. The number of hydrogen-bond donors (Lipinski definition) is 1. The van der Waals surface area contributed by atoms with Gasteiger partial charge in [0.05, 0.1) is 5.02 Å². The van der Waals surface area contributed by atoms with E-state index in [0.29, 0.717) is 5.25 Å². The van der Waals surface area contributed by atoms with Crippen LogP contribution in [0.15, 0.2) is 23.4 Å². The molecular weight excluding hydrogens is 216 g/mol. The van der Waals surface area contributed by atoms with Crippen molar-refractivity contribution >= 4 is 23.4 Å². The first kappa shape index (κ1) is 10.3. The van der Waals surface area contributed by atoms with Crippen LogP contribution in [0.3, 0.4) is 0 Å². The molecule has 1 aromatic heterocycles. The zero-order valence-electron chi connectivity index (χ0n) is 7.87. The van der Waals surface area contributed by atoms with Gasteiger partial charge in [-0.25, -0.2) is 4.98 Å². The van der Waals surface area contributed by atoms with Gasteiger partial charge in [-0.3, -0.25) is 0 Å². The third kappa shape index (κ3) is 2.62. The molecule has 2 heterocycles. The monoisotopic (exact) mass is 228 g/mol. The lowest BCUT2D eigenvalue weighted by Crippen LogP contribution is -2.31. The molecule has 0 saturated carbocycles. The fourth-order valence-corrected chi connectivity index (χ4v) is 2.90. The third-order valence-corrected chi connectivity index (χ3v) is 3.96. The van der Waals surface area contributed by atoms with E-state index in [0.717, 1.165) is 23.1 Å². The van der Waals surface area contributed by atoms with E-state index in [4.69, 9.17) is 11.6 Å². The molecule has 0 radical (unpaired) electrons. The van der Waals surface area contributed by atoms with Gasteiger partial charge in [0.15, 0.2) is 0 Å². The number of pyridine rings is 1. The average Bonchev–Trinajstić information content (AvgIpc) is 2.23. The van der Waals surface area contributed by atoms with Gasteiger partial charge in [0, 0.05) is 18.0 Å². The number of hydrogen-bond acceptors (Lipinski definition) is 3. The fraction of sp³-hybridized carbons (Fsp3) is 0.500. The molecule has 0 bridgehead atoms. The highest BCUT2D eigenvalue weighted by molar-refractivity contribution is 8.00. The number of aromatic nitrogens is 1.